The van der Waals surface area contributed by atoms with Gasteiger partial charge < -0.3 is 5.11 Å². The summed E-state index contributed by atoms with van der Waals surface area (Å²) in [4.78, 5) is 15.8. The van der Waals surface area contributed by atoms with Crippen LogP contribution in [0.3, 0.4) is 0 Å². The maximum absolute atomic E-state index is 14.0. The number of thioether (sulfide) groups is 1. The van der Waals surface area contributed by atoms with Crippen LogP contribution in [0, 0.1) is 23.3 Å². The van der Waals surface area contributed by atoms with Crippen molar-refractivity contribution in [2.75, 3.05) is 0 Å². The maximum Gasteiger partial charge on any atom is 0.338 e. The maximum atomic E-state index is 14.0. The molecule has 35 heavy (non-hydrogen) atoms. The summed E-state index contributed by atoms with van der Waals surface area (Å²) in [6.07, 6.45) is 1.61. The Morgan fingerprint density at radius 1 is 0.943 bits per heavy atom. The number of carbonyl (C=O) groups is 1. The highest BCUT2D eigenvalue weighted by Gasteiger charge is 2.30. The minimum Gasteiger partial charge on any atom is -0.478 e. The Morgan fingerprint density at radius 2 is 1.63 bits per heavy atom. The number of carboxylic acids is 1. The van der Waals surface area contributed by atoms with E-state index in [1.54, 1.807) is 22.9 Å². The van der Waals surface area contributed by atoms with Crippen molar-refractivity contribution < 1.29 is 27.5 Å². The lowest BCUT2D eigenvalue weighted by Crippen LogP contribution is -2.23. The number of rotatable bonds is 7. The fraction of sp³-hybridized carbons (Fsp3) is 0.154. The van der Waals surface area contributed by atoms with Gasteiger partial charge in [0, 0.05) is 16.9 Å². The summed E-state index contributed by atoms with van der Waals surface area (Å²) in [5.74, 6) is -4.25. The molecule has 0 radical (unpaired) electrons. The molecule has 0 aliphatic carbocycles. The Bertz CT molecular complexity index is 1400. The molecule has 1 N–H and O–H groups in total. The summed E-state index contributed by atoms with van der Waals surface area (Å²) in [5.41, 5.74) is 1.08. The highest BCUT2D eigenvalue weighted by molar-refractivity contribution is 7.98. The van der Waals surface area contributed by atoms with Gasteiger partial charge in [-0.15, -0.1) is 0 Å². The van der Waals surface area contributed by atoms with Crippen LogP contribution in [0.4, 0.5) is 17.6 Å². The van der Waals surface area contributed by atoms with Gasteiger partial charge in [-0.3, -0.25) is 4.57 Å². The van der Waals surface area contributed by atoms with Crippen LogP contribution in [-0.4, -0.2) is 20.6 Å². The van der Waals surface area contributed by atoms with E-state index < -0.39 is 40.2 Å². The van der Waals surface area contributed by atoms with Crippen LogP contribution in [0.15, 0.2) is 72.0 Å². The summed E-state index contributed by atoms with van der Waals surface area (Å²) in [6, 6.07) is 13.3. The lowest BCUT2D eigenvalue weighted by Gasteiger charge is -2.27. The van der Waals surface area contributed by atoms with Gasteiger partial charge in [-0.1, -0.05) is 37.7 Å². The van der Waals surface area contributed by atoms with Crippen molar-refractivity contribution in [3.8, 4) is 5.69 Å². The van der Waals surface area contributed by atoms with Crippen molar-refractivity contribution in [2.45, 2.75) is 30.2 Å². The van der Waals surface area contributed by atoms with E-state index in [-0.39, 0.29) is 5.75 Å². The Labute approximate surface area is 203 Å². The van der Waals surface area contributed by atoms with Crippen LogP contribution in [0.2, 0.25) is 0 Å². The number of hydrogen-bond donors (Lipinski definition) is 1. The first kappa shape index (κ1) is 24.5. The Hall–Kier alpha value is -3.59. The first-order valence-corrected chi connectivity index (χ1v) is 11.5. The van der Waals surface area contributed by atoms with E-state index in [0.717, 1.165) is 18.2 Å². The molecule has 0 unspecified atom stereocenters. The van der Waals surface area contributed by atoms with Gasteiger partial charge in [-0.2, -0.15) is 0 Å². The predicted octanol–water partition coefficient (Wildman–Crippen LogP) is 6.75. The zero-order valence-electron chi connectivity index (χ0n) is 18.7. The molecule has 0 bridgehead atoms. The van der Waals surface area contributed by atoms with Crippen molar-refractivity contribution in [1.82, 2.24) is 9.55 Å². The third-order valence-corrected chi connectivity index (χ3v) is 6.75. The van der Waals surface area contributed by atoms with Gasteiger partial charge in [0.2, 0.25) is 0 Å². The summed E-state index contributed by atoms with van der Waals surface area (Å²) >= 11 is 1.27. The molecule has 0 spiro atoms. The zero-order valence-corrected chi connectivity index (χ0v) is 19.5. The fourth-order valence-corrected chi connectivity index (χ4v) is 4.66. The molecule has 3 aromatic carbocycles. The first-order chi connectivity index (χ1) is 16.6. The normalized spacial score (nSPS) is 11.6. The highest BCUT2D eigenvalue weighted by atomic mass is 32.2. The Balaban J connectivity index is 1.76. The van der Waals surface area contributed by atoms with Crippen molar-refractivity contribution in [2.24, 2.45) is 0 Å². The highest BCUT2D eigenvalue weighted by Crippen LogP contribution is 2.37. The summed E-state index contributed by atoms with van der Waals surface area (Å²) < 4.78 is 56.7. The molecule has 0 atom stereocenters. The molecule has 4 aromatic rings. The summed E-state index contributed by atoms with van der Waals surface area (Å²) in [5, 5.41) is 9.69. The SMILES string of the molecule is CC(C)(c1ccc(F)c(F)c1)c1cnc(SCc2ccc(F)c(C(=O)O)c2)n1-c1ccc(F)cc1. The molecule has 0 fully saturated rings. The van der Waals surface area contributed by atoms with Crippen LogP contribution in [-0.2, 0) is 11.2 Å². The lowest BCUT2D eigenvalue weighted by molar-refractivity contribution is 0.0691. The number of nitrogens with zero attached hydrogens (tertiary/aromatic N) is 2. The van der Waals surface area contributed by atoms with E-state index in [0.29, 0.717) is 27.7 Å². The van der Waals surface area contributed by atoms with Crippen LogP contribution in [0.5, 0.6) is 0 Å². The molecule has 9 heteroatoms. The average molecular weight is 501 g/mol. The Morgan fingerprint density at radius 3 is 2.29 bits per heavy atom. The van der Waals surface area contributed by atoms with Gasteiger partial charge in [0.05, 0.1) is 17.5 Å². The minimum atomic E-state index is -1.36. The molecule has 0 saturated heterocycles. The van der Waals surface area contributed by atoms with Crippen molar-refractivity contribution in [1.29, 1.82) is 0 Å². The van der Waals surface area contributed by atoms with Crippen LogP contribution >= 0.6 is 11.8 Å². The number of hydrogen-bond acceptors (Lipinski definition) is 3. The second kappa shape index (κ2) is 9.58. The quantitative estimate of drug-likeness (QED) is 0.225. The van der Waals surface area contributed by atoms with Gasteiger partial charge >= 0.3 is 5.97 Å². The third-order valence-electron chi connectivity index (χ3n) is 5.73. The second-order valence-electron chi connectivity index (χ2n) is 8.40. The number of aromatic nitrogens is 2. The lowest BCUT2D eigenvalue weighted by atomic mass is 9.81. The summed E-state index contributed by atoms with van der Waals surface area (Å²) in [7, 11) is 0. The molecule has 1 aromatic heterocycles. The third kappa shape index (κ3) is 4.95. The van der Waals surface area contributed by atoms with Crippen molar-refractivity contribution >= 4 is 17.7 Å². The molecule has 1 heterocycles. The monoisotopic (exact) mass is 500 g/mol. The second-order valence-corrected chi connectivity index (χ2v) is 9.34. The molecule has 4 rings (SSSR count). The van der Waals surface area contributed by atoms with E-state index in [1.165, 1.54) is 42.1 Å². The van der Waals surface area contributed by atoms with E-state index in [1.807, 2.05) is 13.8 Å². The zero-order chi connectivity index (χ0) is 25.3. The molecule has 180 valence electrons. The molecule has 0 saturated carbocycles. The van der Waals surface area contributed by atoms with Gasteiger partial charge in [-0.25, -0.2) is 27.3 Å². The number of benzene rings is 3. The molecular weight excluding hydrogens is 480 g/mol. The van der Waals surface area contributed by atoms with E-state index in [9.17, 15) is 27.5 Å². The molecule has 0 aliphatic heterocycles. The van der Waals surface area contributed by atoms with Crippen molar-refractivity contribution in [3.63, 3.8) is 0 Å². The van der Waals surface area contributed by atoms with Crippen LogP contribution in [0.25, 0.3) is 5.69 Å². The number of halogens is 4. The van der Waals surface area contributed by atoms with Crippen LogP contribution < -0.4 is 0 Å². The topological polar surface area (TPSA) is 55.1 Å². The largest absolute Gasteiger partial charge is 0.478 e. The average Bonchev–Trinajstić information content (AvgIpc) is 3.25. The fourth-order valence-electron chi connectivity index (χ4n) is 3.72. The number of aromatic carboxylic acids is 1. The van der Waals surface area contributed by atoms with E-state index in [4.69, 9.17) is 0 Å². The minimum absolute atomic E-state index is 0.282. The molecular formula is C26H20F4N2O2S. The Kier molecular flexibility index (Phi) is 6.71. The molecule has 4 nitrogen and oxygen atoms in total. The van der Waals surface area contributed by atoms with Gasteiger partial charge in [0.15, 0.2) is 16.8 Å². The van der Waals surface area contributed by atoms with Gasteiger partial charge in [0.1, 0.15) is 11.6 Å². The van der Waals surface area contributed by atoms with Crippen LogP contribution in [0.1, 0.15) is 41.0 Å². The first-order valence-electron chi connectivity index (χ1n) is 10.5. The predicted molar refractivity (Wildman–Crippen MR) is 125 cm³/mol. The smallest absolute Gasteiger partial charge is 0.338 e. The van der Waals surface area contributed by atoms with Gasteiger partial charge in [0.25, 0.3) is 0 Å². The molecule has 0 aliphatic rings. The van der Waals surface area contributed by atoms with E-state index >= 15 is 0 Å². The standard InChI is InChI=1S/C26H20F4N2O2S/c1-26(2,16-4-10-21(29)22(30)12-16)23-13-31-25(32(23)18-7-5-17(27)6-8-18)35-14-15-3-9-20(28)19(11-15)24(33)34/h3-13H,14H2,1-2H3,(H,33,34). The summed E-state index contributed by atoms with van der Waals surface area (Å²) in [6.45, 7) is 3.68. The van der Waals surface area contributed by atoms with Gasteiger partial charge in [-0.05, 0) is 59.7 Å². The van der Waals surface area contributed by atoms with E-state index in [2.05, 4.69) is 4.98 Å². The number of carboxylic acid groups (broad SMARTS) is 1. The molecule has 0 amide bonds. The number of imidazole rings is 1. The van der Waals surface area contributed by atoms with Crippen molar-refractivity contribution in [3.05, 3.63) is 113 Å².